The molecule has 0 amide bonds. The standard InChI is InChI=1S/C13H18N2O2/c1-13(9-17-8-11(7-14)15-13)10-3-5-12(16-2)6-4-10/h3-6H,7-9,14H2,1-2H3. The summed E-state index contributed by atoms with van der Waals surface area (Å²) in [7, 11) is 1.66. The molecule has 4 heteroatoms. The molecule has 0 saturated heterocycles. The zero-order chi connectivity index (χ0) is 12.3. The van der Waals surface area contributed by atoms with E-state index in [0.717, 1.165) is 17.0 Å². The number of hydrogen-bond donors (Lipinski definition) is 1. The SMILES string of the molecule is COc1ccc(C2(C)COCC(CN)=N2)cc1. The van der Waals surface area contributed by atoms with E-state index in [1.165, 1.54) is 0 Å². The van der Waals surface area contributed by atoms with Gasteiger partial charge in [-0.1, -0.05) is 12.1 Å². The van der Waals surface area contributed by atoms with Crippen molar-refractivity contribution in [3.8, 4) is 5.75 Å². The Bertz CT molecular complexity index is 414. The van der Waals surface area contributed by atoms with E-state index in [4.69, 9.17) is 15.2 Å². The van der Waals surface area contributed by atoms with Crippen molar-refractivity contribution in [1.29, 1.82) is 0 Å². The van der Waals surface area contributed by atoms with Crippen LogP contribution in [0, 0.1) is 0 Å². The maximum absolute atomic E-state index is 5.62. The quantitative estimate of drug-likeness (QED) is 0.858. The molecule has 0 aliphatic carbocycles. The maximum atomic E-state index is 5.62. The molecule has 1 unspecified atom stereocenters. The second kappa shape index (κ2) is 4.85. The van der Waals surface area contributed by atoms with Crippen LogP contribution >= 0.6 is 0 Å². The highest BCUT2D eigenvalue weighted by atomic mass is 16.5. The Labute approximate surface area is 101 Å². The van der Waals surface area contributed by atoms with E-state index in [0.29, 0.717) is 19.8 Å². The summed E-state index contributed by atoms with van der Waals surface area (Å²) in [6.07, 6.45) is 0. The van der Waals surface area contributed by atoms with Gasteiger partial charge in [-0.2, -0.15) is 0 Å². The Morgan fingerprint density at radius 3 is 2.71 bits per heavy atom. The molecule has 0 aromatic heterocycles. The van der Waals surface area contributed by atoms with Crippen molar-refractivity contribution in [3.05, 3.63) is 29.8 Å². The van der Waals surface area contributed by atoms with Crippen LogP contribution in [0.5, 0.6) is 5.75 Å². The van der Waals surface area contributed by atoms with Crippen LogP contribution < -0.4 is 10.5 Å². The zero-order valence-electron chi connectivity index (χ0n) is 10.3. The number of methoxy groups -OCH3 is 1. The first kappa shape index (κ1) is 12.1. The fraction of sp³-hybridized carbons (Fsp3) is 0.462. The van der Waals surface area contributed by atoms with Gasteiger partial charge >= 0.3 is 0 Å². The van der Waals surface area contributed by atoms with Gasteiger partial charge in [-0.05, 0) is 24.6 Å². The highest BCUT2D eigenvalue weighted by Crippen LogP contribution is 2.29. The van der Waals surface area contributed by atoms with Crippen molar-refractivity contribution in [2.24, 2.45) is 10.7 Å². The zero-order valence-corrected chi connectivity index (χ0v) is 10.3. The number of nitrogens with two attached hydrogens (primary N) is 1. The van der Waals surface area contributed by atoms with Gasteiger partial charge in [0, 0.05) is 6.54 Å². The van der Waals surface area contributed by atoms with E-state index >= 15 is 0 Å². The largest absolute Gasteiger partial charge is 0.497 e. The molecule has 17 heavy (non-hydrogen) atoms. The topological polar surface area (TPSA) is 56.8 Å². The summed E-state index contributed by atoms with van der Waals surface area (Å²) in [5.41, 5.74) is 7.31. The monoisotopic (exact) mass is 234 g/mol. The minimum atomic E-state index is -0.334. The fourth-order valence-corrected chi connectivity index (χ4v) is 1.98. The molecule has 92 valence electrons. The summed E-state index contributed by atoms with van der Waals surface area (Å²) in [6, 6.07) is 7.91. The lowest BCUT2D eigenvalue weighted by molar-refractivity contribution is 0.106. The Kier molecular flexibility index (Phi) is 3.45. The van der Waals surface area contributed by atoms with Crippen LogP contribution in [0.3, 0.4) is 0 Å². The van der Waals surface area contributed by atoms with Gasteiger partial charge < -0.3 is 15.2 Å². The van der Waals surface area contributed by atoms with Gasteiger partial charge in [0.2, 0.25) is 0 Å². The molecule has 1 aliphatic rings. The highest BCUT2D eigenvalue weighted by Gasteiger charge is 2.29. The predicted molar refractivity (Wildman–Crippen MR) is 67.7 cm³/mol. The Hall–Kier alpha value is -1.39. The first-order valence-corrected chi connectivity index (χ1v) is 5.68. The van der Waals surface area contributed by atoms with Crippen LogP contribution in [0.4, 0.5) is 0 Å². The lowest BCUT2D eigenvalue weighted by Gasteiger charge is -2.31. The summed E-state index contributed by atoms with van der Waals surface area (Å²) >= 11 is 0. The molecule has 1 heterocycles. The lowest BCUT2D eigenvalue weighted by atomic mass is 9.92. The van der Waals surface area contributed by atoms with E-state index in [9.17, 15) is 0 Å². The van der Waals surface area contributed by atoms with Crippen LogP contribution in [0.2, 0.25) is 0 Å². The molecule has 0 bridgehead atoms. The molecular formula is C13H18N2O2. The van der Waals surface area contributed by atoms with Gasteiger partial charge in [0.1, 0.15) is 11.3 Å². The first-order chi connectivity index (χ1) is 8.18. The maximum Gasteiger partial charge on any atom is 0.118 e. The molecule has 1 aromatic carbocycles. The lowest BCUT2D eigenvalue weighted by Crippen LogP contribution is -2.36. The number of nitrogens with zero attached hydrogens (tertiary/aromatic N) is 1. The molecule has 0 radical (unpaired) electrons. The summed E-state index contributed by atoms with van der Waals surface area (Å²) in [5.74, 6) is 0.845. The van der Waals surface area contributed by atoms with Gasteiger partial charge in [-0.3, -0.25) is 4.99 Å². The number of rotatable bonds is 3. The van der Waals surface area contributed by atoms with Crippen molar-refractivity contribution in [2.75, 3.05) is 26.9 Å². The molecule has 4 nitrogen and oxygen atoms in total. The van der Waals surface area contributed by atoms with E-state index in [1.54, 1.807) is 7.11 Å². The van der Waals surface area contributed by atoms with Crippen LogP contribution in [0.1, 0.15) is 12.5 Å². The second-order valence-corrected chi connectivity index (χ2v) is 4.38. The summed E-state index contributed by atoms with van der Waals surface area (Å²) in [5, 5.41) is 0. The van der Waals surface area contributed by atoms with Crippen molar-refractivity contribution in [3.63, 3.8) is 0 Å². The Morgan fingerprint density at radius 1 is 1.41 bits per heavy atom. The average molecular weight is 234 g/mol. The highest BCUT2D eigenvalue weighted by molar-refractivity contribution is 5.88. The first-order valence-electron chi connectivity index (χ1n) is 5.68. The average Bonchev–Trinajstić information content (AvgIpc) is 2.39. The molecule has 2 N–H and O–H groups in total. The minimum Gasteiger partial charge on any atom is -0.497 e. The van der Waals surface area contributed by atoms with Crippen LogP contribution in [0.25, 0.3) is 0 Å². The van der Waals surface area contributed by atoms with Gasteiger partial charge in [-0.25, -0.2) is 0 Å². The summed E-state index contributed by atoms with van der Waals surface area (Å²) in [6.45, 7) is 3.64. The molecule has 2 rings (SSSR count). The number of hydrogen-bond acceptors (Lipinski definition) is 4. The third-order valence-corrected chi connectivity index (χ3v) is 3.00. The van der Waals surface area contributed by atoms with Crippen LogP contribution in [-0.4, -0.2) is 32.6 Å². The molecule has 0 saturated carbocycles. The molecular weight excluding hydrogens is 216 g/mol. The number of ether oxygens (including phenoxy) is 2. The Balaban J connectivity index is 2.30. The molecule has 1 atom stereocenters. The van der Waals surface area contributed by atoms with E-state index in [1.807, 2.05) is 24.3 Å². The van der Waals surface area contributed by atoms with Crippen LogP contribution in [0.15, 0.2) is 29.3 Å². The predicted octanol–water partition coefficient (Wildman–Crippen LogP) is 1.34. The van der Waals surface area contributed by atoms with Crippen LogP contribution in [-0.2, 0) is 10.3 Å². The minimum absolute atomic E-state index is 0.334. The van der Waals surface area contributed by atoms with Gasteiger partial charge in [-0.15, -0.1) is 0 Å². The van der Waals surface area contributed by atoms with Crippen molar-refractivity contribution >= 4 is 5.71 Å². The van der Waals surface area contributed by atoms with Crippen molar-refractivity contribution < 1.29 is 9.47 Å². The van der Waals surface area contributed by atoms with Gasteiger partial charge in [0.15, 0.2) is 0 Å². The smallest absolute Gasteiger partial charge is 0.118 e. The second-order valence-electron chi connectivity index (χ2n) is 4.38. The molecule has 0 spiro atoms. The van der Waals surface area contributed by atoms with E-state index in [-0.39, 0.29) is 5.54 Å². The molecule has 0 fully saturated rings. The van der Waals surface area contributed by atoms with Crippen molar-refractivity contribution in [2.45, 2.75) is 12.5 Å². The summed E-state index contributed by atoms with van der Waals surface area (Å²) < 4.78 is 10.7. The Morgan fingerprint density at radius 2 is 2.12 bits per heavy atom. The fourth-order valence-electron chi connectivity index (χ4n) is 1.98. The molecule has 1 aliphatic heterocycles. The van der Waals surface area contributed by atoms with E-state index in [2.05, 4.69) is 11.9 Å². The normalized spacial score (nSPS) is 24.3. The van der Waals surface area contributed by atoms with Gasteiger partial charge in [0.25, 0.3) is 0 Å². The number of aliphatic imine (C=N–C) groups is 1. The molecule has 1 aromatic rings. The summed E-state index contributed by atoms with van der Waals surface area (Å²) in [4.78, 5) is 4.68. The third-order valence-electron chi connectivity index (χ3n) is 3.00. The number of benzene rings is 1. The third kappa shape index (κ3) is 2.48. The van der Waals surface area contributed by atoms with Gasteiger partial charge in [0.05, 0.1) is 26.0 Å². The van der Waals surface area contributed by atoms with E-state index < -0.39 is 0 Å². The van der Waals surface area contributed by atoms with Crippen molar-refractivity contribution in [1.82, 2.24) is 0 Å².